The Morgan fingerprint density at radius 1 is 0.852 bits per heavy atom. The van der Waals surface area contributed by atoms with Gasteiger partial charge in [-0.15, -0.1) is 0 Å². The summed E-state index contributed by atoms with van der Waals surface area (Å²) in [5, 5.41) is 4.53. The van der Waals surface area contributed by atoms with E-state index in [1.54, 1.807) is 42.5 Å². The molecule has 0 aliphatic carbocycles. The Labute approximate surface area is 157 Å². The molecular weight excluding hydrogens is 342 g/mol. The van der Waals surface area contributed by atoms with Gasteiger partial charge in [0.05, 0.1) is 0 Å². The molecule has 0 spiro atoms. The van der Waals surface area contributed by atoms with Gasteiger partial charge >= 0.3 is 5.97 Å². The van der Waals surface area contributed by atoms with Gasteiger partial charge in [0.1, 0.15) is 6.04 Å². The fraction of sp³-hybridized carbons (Fsp3) is 0.136. The van der Waals surface area contributed by atoms with Crippen molar-refractivity contribution in [3.63, 3.8) is 0 Å². The van der Waals surface area contributed by atoms with Crippen molar-refractivity contribution in [2.45, 2.75) is 13.0 Å². The van der Waals surface area contributed by atoms with E-state index in [4.69, 9.17) is 4.74 Å². The number of benzene rings is 3. The van der Waals surface area contributed by atoms with Crippen molar-refractivity contribution in [2.75, 3.05) is 6.61 Å². The lowest BCUT2D eigenvalue weighted by Gasteiger charge is -2.13. The Morgan fingerprint density at radius 2 is 1.52 bits per heavy atom. The van der Waals surface area contributed by atoms with Crippen LogP contribution in [0.2, 0.25) is 0 Å². The van der Waals surface area contributed by atoms with Crippen molar-refractivity contribution < 1.29 is 19.1 Å². The number of rotatable bonds is 6. The molecule has 3 rings (SSSR count). The second kappa shape index (κ2) is 8.27. The molecule has 1 amide bonds. The molecular formula is C22H19NO4. The van der Waals surface area contributed by atoms with Crippen LogP contribution in [-0.2, 0) is 9.53 Å². The van der Waals surface area contributed by atoms with Crippen LogP contribution < -0.4 is 5.32 Å². The Morgan fingerprint density at radius 3 is 2.26 bits per heavy atom. The second-order valence-corrected chi connectivity index (χ2v) is 6.15. The number of carbonyl (C=O) groups is 3. The maximum absolute atomic E-state index is 12.3. The number of hydrogen-bond acceptors (Lipinski definition) is 4. The third-order valence-corrected chi connectivity index (χ3v) is 4.15. The summed E-state index contributed by atoms with van der Waals surface area (Å²) in [5.41, 5.74) is 0.923. The topological polar surface area (TPSA) is 72.5 Å². The van der Waals surface area contributed by atoms with Gasteiger partial charge in [0.2, 0.25) is 0 Å². The summed E-state index contributed by atoms with van der Waals surface area (Å²) in [7, 11) is 0. The molecule has 0 unspecified atom stereocenters. The zero-order valence-corrected chi connectivity index (χ0v) is 14.8. The van der Waals surface area contributed by atoms with E-state index in [1.807, 2.05) is 30.3 Å². The molecule has 0 fully saturated rings. The van der Waals surface area contributed by atoms with Crippen molar-refractivity contribution >= 4 is 28.4 Å². The van der Waals surface area contributed by atoms with E-state index in [1.165, 1.54) is 6.92 Å². The van der Waals surface area contributed by atoms with Gasteiger partial charge in [-0.1, -0.05) is 54.6 Å². The molecule has 0 radical (unpaired) electrons. The molecule has 5 heteroatoms. The van der Waals surface area contributed by atoms with Gasteiger partial charge in [-0.05, 0) is 35.9 Å². The minimum Gasteiger partial charge on any atom is -0.456 e. The Balaban J connectivity index is 1.55. The van der Waals surface area contributed by atoms with Gasteiger partial charge in [0, 0.05) is 11.1 Å². The van der Waals surface area contributed by atoms with Crippen molar-refractivity contribution in [2.24, 2.45) is 0 Å². The van der Waals surface area contributed by atoms with Crippen molar-refractivity contribution in [1.29, 1.82) is 0 Å². The summed E-state index contributed by atoms with van der Waals surface area (Å²) in [6.45, 7) is 1.15. The Kier molecular flexibility index (Phi) is 5.61. The van der Waals surface area contributed by atoms with Gasteiger partial charge in [-0.2, -0.15) is 0 Å². The van der Waals surface area contributed by atoms with Crippen molar-refractivity contribution in [3.05, 3.63) is 83.9 Å². The van der Waals surface area contributed by atoms with Crippen LogP contribution in [0.4, 0.5) is 0 Å². The largest absolute Gasteiger partial charge is 0.456 e. The van der Waals surface area contributed by atoms with E-state index in [9.17, 15) is 14.4 Å². The maximum atomic E-state index is 12.3. The number of amides is 1. The fourth-order valence-electron chi connectivity index (χ4n) is 2.64. The lowest BCUT2D eigenvalue weighted by Crippen LogP contribution is -2.40. The molecule has 0 bridgehead atoms. The van der Waals surface area contributed by atoms with Crippen molar-refractivity contribution in [1.82, 2.24) is 5.32 Å². The lowest BCUT2D eigenvalue weighted by molar-refractivity contribution is -0.144. The average Bonchev–Trinajstić information content (AvgIpc) is 2.71. The number of esters is 1. The zero-order chi connectivity index (χ0) is 19.2. The molecule has 3 aromatic carbocycles. The van der Waals surface area contributed by atoms with E-state index in [2.05, 4.69) is 5.32 Å². The summed E-state index contributed by atoms with van der Waals surface area (Å²) >= 11 is 0. The van der Waals surface area contributed by atoms with E-state index in [0.717, 1.165) is 10.8 Å². The molecule has 0 aliphatic rings. The first-order chi connectivity index (χ1) is 13.0. The van der Waals surface area contributed by atoms with Crippen molar-refractivity contribution in [3.8, 4) is 0 Å². The molecule has 5 nitrogen and oxygen atoms in total. The van der Waals surface area contributed by atoms with Crippen LogP contribution in [-0.4, -0.2) is 30.3 Å². The Bertz CT molecular complexity index is 982. The number of fused-ring (bicyclic) bond motifs is 1. The second-order valence-electron chi connectivity index (χ2n) is 6.15. The predicted molar refractivity (Wildman–Crippen MR) is 103 cm³/mol. The van der Waals surface area contributed by atoms with E-state index >= 15 is 0 Å². The number of ether oxygens (including phenoxy) is 1. The molecule has 136 valence electrons. The standard InChI is InChI=1S/C22H19NO4/c1-15(23-21(25)17-8-3-2-4-9-17)22(26)27-14-20(24)19-12-11-16-7-5-6-10-18(16)13-19/h2-13,15H,14H2,1H3,(H,23,25)/t15-/m0/s1. The summed E-state index contributed by atoms with van der Waals surface area (Å²) in [6.07, 6.45) is 0. The van der Waals surface area contributed by atoms with E-state index < -0.39 is 12.0 Å². The normalized spacial score (nSPS) is 11.6. The molecule has 3 aromatic rings. The zero-order valence-electron chi connectivity index (χ0n) is 14.8. The summed E-state index contributed by atoms with van der Waals surface area (Å²) < 4.78 is 5.07. The van der Waals surface area contributed by atoms with Gasteiger partial charge < -0.3 is 10.1 Å². The predicted octanol–water partition coefficient (Wildman–Crippen LogP) is 3.38. The quantitative estimate of drug-likeness (QED) is 0.540. The van der Waals surface area contributed by atoms with Gasteiger partial charge in [0.25, 0.3) is 5.91 Å². The molecule has 0 saturated heterocycles. The fourth-order valence-corrected chi connectivity index (χ4v) is 2.64. The first-order valence-corrected chi connectivity index (χ1v) is 8.59. The molecule has 0 aromatic heterocycles. The SMILES string of the molecule is C[C@H](NC(=O)c1ccccc1)C(=O)OCC(=O)c1ccc2ccccc2c1. The molecule has 1 N–H and O–H groups in total. The number of ketones is 1. The minimum atomic E-state index is -0.859. The smallest absolute Gasteiger partial charge is 0.328 e. The number of carbonyl (C=O) groups excluding carboxylic acids is 3. The first-order valence-electron chi connectivity index (χ1n) is 8.59. The molecule has 1 atom stereocenters. The molecule has 0 saturated carbocycles. The van der Waals surface area contributed by atoms with Crippen LogP contribution in [0.25, 0.3) is 10.8 Å². The van der Waals surface area contributed by atoms with Crippen LogP contribution >= 0.6 is 0 Å². The highest BCUT2D eigenvalue weighted by Crippen LogP contribution is 2.16. The third-order valence-electron chi connectivity index (χ3n) is 4.15. The highest BCUT2D eigenvalue weighted by molar-refractivity contribution is 6.02. The highest BCUT2D eigenvalue weighted by atomic mass is 16.5. The van der Waals surface area contributed by atoms with Crippen LogP contribution in [0.5, 0.6) is 0 Å². The van der Waals surface area contributed by atoms with Gasteiger partial charge in [-0.25, -0.2) is 4.79 Å². The molecule has 0 heterocycles. The average molecular weight is 361 g/mol. The summed E-state index contributed by atoms with van der Waals surface area (Å²) in [5.74, 6) is -1.33. The summed E-state index contributed by atoms with van der Waals surface area (Å²) in [6, 6.07) is 20.7. The van der Waals surface area contributed by atoms with Crippen LogP contribution in [0.3, 0.4) is 0 Å². The highest BCUT2D eigenvalue weighted by Gasteiger charge is 2.19. The minimum absolute atomic E-state index is 0.296. The third kappa shape index (κ3) is 4.58. The Hall–Kier alpha value is -3.47. The molecule has 0 aliphatic heterocycles. The number of nitrogens with one attached hydrogen (secondary N) is 1. The first kappa shape index (κ1) is 18.3. The number of Topliss-reactive ketones (excluding diaryl/α,β-unsaturated/α-hetero) is 1. The van der Waals surface area contributed by atoms with Gasteiger partial charge in [-0.3, -0.25) is 9.59 Å². The molecule has 27 heavy (non-hydrogen) atoms. The van der Waals surface area contributed by atoms with Crippen LogP contribution in [0.15, 0.2) is 72.8 Å². The van der Waals surface area contributed by atoms with E-state index in [-0.39, 0.29) is 18.3 Å². The lowest BCUT2D eigenvalue weighted by atomic mass is 10.0. The maximum Gasteiger partial charge on any atom is 0.328 e. The van der Waals surface area contributed by atoms with E-state index in [0.29, 0.717) is 11.1 Å². The monoisotopic (exact) mass is 361 g/mol. The van der Waals surface area contributed by atoms with Crippen LogP contribution in [0, 0.1) is 0 Å². The van der Waals surface area contributed by atoms with Crippen LogP contribution in [0.1, 0.15) is 27.6 Å². The summed E-state index contributed by atoms with van der Waals surface area (Å²) in [4.78, 5) is 36.4. The number of hydrogen-bond donors (Lipinski definition) is 1. The van der Waals surface area contributed by atoms with Gasteiger partial charge in [0.15, 0.2) is 12.4 Å².